The zero-order valence-electron chi connectivity index (χ0n) is 11.7. The molecule has 1 aromatic carbocycles. The van der Waals surface area contributed by atoms with Gasteiger partial charge in [0.15, 0.2) is 0 Å². The molecular weight excluding hydrogens is 293 g/mol. The van der Waals surface area contributed by atoms with Crippen LogP contribution in [0.3, 0.4) is 0 Å². The van der Waals surface area contributed by atoms with E-state index in [0.717, 1.165) is 13.0 Å². The van der Waals surface area contributed by atoms with Crippen molar-refractivity contribution < 1.29 is 4.39 Å². The third-order valence-electron chi connectivity index (χ3n) is 3.34. The van der Waals surface area contributed by atoms with Crippen molar-refractivity contribution in [1.82, 2.24) is 5.32 Å². The van der Waals surface area contributed by atoms with Crippen LogP contribution in [0.2, 0.25) is 5.02 Å². The highest BCUT2D eigenvalue weighted by Gasteiger charge is 2.16. The van der Waals surface area contributed by atoms with Crippen molar-refractivity contribution in [2.75, 3.05) is 6.54 Å². The first-order chi connectivity index (χ1) is 9.61. The Morgan fingerprint density at radius 3 is 2.80 bits per heavy atom. The van der Waals surface area contributed by atoms with Gasteiger partial charge in [-0.2, -0.15) is 11.3 Å². The predicted molar refractivity (Wildman–Crippen MR) is 85.2 cm³/mol. The first-order valence-corrected chi connectivity index (χ1v) is 8.14. The number of thiophene rings is 1. The molecule has 0 saturated heterocycles. The average Bonchev–Trinajstić information content (AvgIpc) is 2.84. The topological polar surface area (TPSA) is 12.0 Å². The number of rotatable bonds is 6. The van der Waals surface area contributed by atoms with E-state index >= 15 is 0 Å². The van der Waals surface area contributed by atoms with E-state index in [1.54, 1.807) is 23.5 Å². The van der Waals surface area contributed by atoms with Crippen LogP contribution < -0.4 is 5.32 Å². The molecule has 0 aliphatic heterocycles. The first-order valence-electron chi connectivity index (χ1n) is 6.81. The highest BCUT2D eigenvalue weighted by Crippen LogP contribution is 2.27. The molecule has 0 aliphatic carbocycles. The molecule has 2 rings (SSSR count). The van der Waals surface area contributed by atoms with E-state index in [4.69, 9.17) is 11.6 Å². The molecule has 1 unspecified atom stereocenters. The molecule has 0 saturated carbocycles. The van der Waals surface area contributed by atoms with Crippen LogP contribution in [0.5, 0.6) is 0 Å². The minimum atomic E-state index is -0.189. The summed E-state index contributed by atoms with van der Waals surface area (Å²) >= 11 is 7.66. The fourth-order valence-electron chi connectivity index (χ4n) is 2.26. The number of halogens is 2. The third kappa shape index (κ3) is 3.81. The summed E-state index contributed by atoms with van der Waals surface area (Å²) in [6, 6.07) is 4.88. The lowest BCUT2D eigenvalue weighted by atomic mass is 9.98. The van der Waals surface area contributed by atoms with Crippen LogP contribution in [-0.4, -0.2) is 6.54 Å². The van der Waals surface area contributed by atoms with E-state index in [0.29, 0.717) is 17.0 Å². The Hall–Kier alpha value is -0.900. The van der Waals surface area contributed by atoms with Gasteiger partial charge in [0.1, 0.15) is 5.82 Å². The lowest BCUT2D eigenvalue weighted by molar-refractivity contribution is 0.512. The summed E-state index contributed by atoms with van der Waals surface area (Å²) in [6.07, 6.45) is 1.67. The SMILES string of the molecule is CCCNC(Cc1cc(Cl)ccc1F)c1cscc1C. The van der Waals surface area contributed by atoms with Gasteiger partial charge >= 0.3 is 0 Å². The predicted octanol–water partition coefficient (Wildman–Crippen LogP) is 5.13. The highest BCUT2D eigenvalue weighted by atomic mass is 35.5. The van der Waals surface area contributed by atoms with E-state index in [2.05, 4.69) is 29.9 Å². The summed E-state index contributed by atoms with van der Waals surface area (Å²) in [5.74, 6) is -0.189. The maximum absolute atomic E-state index is 13.9. The molecule has 0 amide bonds. The Bertz CT molecular complexity index is 567. The van der Waals surface area contributed by atoms with Crippen molar-refractivity contribution in [1.29, 1.82) is 0 Å². The van der Waals surface area contributed by atoms with E-state index in [9.17, 15) is 4.39 Å². The quantitative estimate of drug-likeness (QED) is 0.779. The van der Waals surface area contributed by atoms with Crippen LogP contribution >= 0.6 is 22.9 Å². The maximum Gasteiger partial charge on any atom is 0.126 e. The molecule has 0 fully saturated rings. The molecular formula is C16H19ClFNS. The Morgan fingerprint density at radius 1 is 1.35 bits per heavy atom. The van der Waals surface area contributed by atoms with Crippen molar-refractivity contribution in [2.45, 2.75) is 32.7 Å². The Balaban J connectivity index is 2.23. The zero-order chi connectivity index (χ0) is 14.5. The van der Waals surface area contributed by atoms with E-state index in [-0.39, 0.29) is 11.9 Å². The van der Waals surface area contributed by atoms with E-state index < -0.39 is 0 Å². The molecule has 1 atom stereocenters. The summed E-state index contributed by atoms with van der Waals surface area (Å²) in [4.78, 5) is 0. The summed E-state index contributed by atoms with van der Waals surface area (Å²) in [7, 11) is 0. The highest BCUT2D eigenvalue weighted by molar-refractivity contribution is 7.08. The second-order valence-electron chi connectivity index (χ2n) is 4.96. The van der Waals surface area contributed by atoms with Gasteiger partial charge in [-0.25, -0.2) is 4.39 Å². The van der Waals surface area contributed by atoms with E-state index in [1.807, 2.05) is 0 Å². The van der Waals surface area contributed by atoms with Crippen LogP contribution in [0.25, 0.3) is 0 Å². The first kappa shape index (κ1) is 15.5. The molecule has 2 aromatic rings. The van der Waals surface area contributed by atoms with Crippen LogP contribution in [0.15, 0.2) is 29.0 Å². The largest absolute Gasteiger partial charge is 0.310 e. The molecule has 0 radical (unpaired) electrons. The number of nitrogens with one attached hydrogen (secondary N) is 1. The fourth-order valence-corrected chi connectivity index (χ4v) is 3.36. The van der Waals surface area contributed by atoms with Crippen molar-refractivity contribution >= 4 is 22.9 Å². The number of hydrogen-bond acceptors (Lipinski definition) is 2. The Morgan fingerprint density at radius 2 is 2.15 bits per heavy atom. The van der Waals surface area contributed by atoms with Gasteiger partial charge in [-0.15, -0.1) is 0 Å². The van der Waals surface area contributed by atoms with Crippen molar-refractivity contribution in [3.05, 3.63) is 56.5 Å². The summed E-state index contributed by atoms with van der Waals surface area (Å²) in [5, 5.41) is 8.36. The number of benzene rings is 1. The van der Waals surface area contributed by atoms with Crippen molar-refractivity contribution in [3.8, 4) is 0 Å². The second-order valence-corrected chi connectivity index (χ2v) is 6.14. The van der Waals surface area contributed by atoms with E-state index in [1.165, 1.54) is 17.2 Å². The van der Waals surface area contributed by atoms with Gasteiger partial charge in [0.05, 0.1) is 0 Å². The third-order valence-corrected chi connectivity index (χ3v) is 4.46. The maximum atomic E-state index is 13.9. The van der Waals surface area contributed by atoms with Gasteiger partial charge < -0.3 is 5.32 Å². The molecule has 0 aliphatic rings. The molecule has 0 bridgehead atoms. The lowest BCUT2D eigenvalue weighted by Crippen LogP contribution is -2.24. The molecule has 20 heavy (non-hydrogen) atoms. The molecule has 1 N–H and O–H groups in total. The van der Waals surface area contributed by atoms with Gasteiger partial charge in [0.25, 0.3) is 0 Å². The van der Waals surface area contributed by atoms with Crippen molar-refractivity contribution in [2.24, 2.45) is 0 Å². The van der Waals surface area contributed by atoms with Gasteiger partial charge in [0.2, 0.25) is 0 Å². The smallest absolute Gasteiger partial charge is 0.126 e. The molecule has 1 heterocycles. The second kappa shape index (κ2) is 7.21. The minimum absolute atomic E-state index is 0.133. The lowest BCUT2D eigenvalue weighted by Gasteiger charge is -2.19. The fraction of sp³-hybridized carbons (Fsp3) is 0.375. The molecule has 1 aromatic heterocycles. The van der Waals surface area contributed by atoms with Crippen LogP contribution in [0.4, 0.5) is 4.39 Å². The molecule has 108 valence electrons. The summed E-state index contributed by atoms with van der Waals surface area (Å²) in [5.41, 5.74) is 3.17. The average molecular weight is 312 g/mol. The monoisotopic (exact) mass is 311 g/mol. The number of aryl methyl sites for hydroxylation is 1. The van der Waals surface area contributed by atoms with Gasteiger partial charge in [-0.05, 0) is 72.0 Å². The minimum Gasteiger partial charge on any atom is -0.310 e. The zero-order valence-corrected chi connectivity index (χ0v) is 13.3. The Kier molecular flexibility index (Phi) is 5.58. The Labute approximate surface area is 128 Å². The number of hydrogen-bond donors (Lipinski definition) is 1. The normalized spacial score (nSPS) is 12.6. The van der Waals surface area contributed by atoms with Crippen LogP contribution in [0.1, 0.15) is 36.1 Å². The molecule has 4 heteroatoms. The summed E-state index contributed by atoms with van der Waals surface area (Å²) < 4.78 is 13.9. The molecule has 0 spiro atoms. The summed E-state index contributed by atoms with van der Waals surface area (Å²) in [6.45, 7) is 5.15. The van der Waals surface area contributed by atoms with Gasteiger partial charge in [0, 0.05) is 11.1 Å². The van der Waals surface area contributed by atoms with Crippen molar-refractivity contribution in [3.63, 3.8) is 0 Å². The van der Waals surface area contributed by atoms with Crippen LogP contribution in [-0.2, 0) is 6.42 Å². The molecule has 1 nitrogen and oxygen atoms in total. The van der Waals surface area contributed by atoms with Crippen LogP contribution in [0, 0.1) is 12.7 Å². The van der Waals surface area contributed by atoms with Gasteiger partial charge in [-0.1, -0.05) is 18.5 Å². The standard InChI is InChI=1S/C16H19ClFNS/c1-3-6-19-16(14-10-20-9-11(14)2)8-12-7-13(17)4-5-15(12)18/h4-5,7,9-10,16,19H,3,6,8H2,1-2H3. The van der Waals surface area contributed by atoms with Gasteiger partial charge in [-0.3, -0.25) is 0 Å².